The number of aliphatic hydroxyl groups is 1. The molecule has 0 unspecified atom stereocenters. The summed E-state index contributed by atoms with van der Waals surface area (Å²) in [5.74, 6) is -1.43. The molecule has 5 nitrogen and oxygen atoms in total. The quantitative estimate of drug-likeness (QED) is 0.446. The van der Waals surface area contributed by atoms with Gasteiger partial charge in [-0.1, -0.05) is 0 Å². The first-order valence-corrected chi connectivity index (χ1v) is 4.18. The topological polar surface area (TPSA) is 107 Å². The maximum atomic E-state index is 9.40. The summed E-state index contributed by atoms with van der Waals surface area (Å²) in [6.07, 6.45) is 0.276. The van der Waals surface area contributed by atoms with Gasteiger partial charge in [0, 0.05) is 18.2 Å². The van der Waals surface area contributed by atoms with E-state index >= 15 is 0 Å². The number of aromatic hydroxyl groups is 3. The van der Waals surface area contributed by atoms with Crippen molar-refractivity contribution in [1.82, 2.24) is 0 Å². The minimum Gasteiger partial charge on any atom is -0.504 e. The molecule has 0 radical (unpaired) electrons. The van der Waals surface area contributed by atoms with Gasteiger partial charge in [-0.15, -0.1) is 0 Å². The largest absolute Gasteiger partial charge is 0.504 e. The molecular formula is C9H13NO4. The zero-order chi connectivity index (χ0) is 10.7. The van der Waals surface area contributed by atoms with Crippen molar-refractivity contribution in [2.24, 2.45) is 5.73 Å². The first-order valence-electron chi connectivity index (χ1n) is 4.18. The smallest absolute Gasteiger partial charge is 0.200 e. The molecule has 0 aliphatic rings. The molecule has 1 aromatic carbocycles. The molecule has 0 amide bonds. The van der Waals surface area contributed by atoms with Gasteiger partial charge in [-0.05, 0) is 18.6 Å². The molecule has 78 valence electrons. The van der Waals surface area contributed by atoms with Crippen LogP contribution in [0.1, 0.15) is 18.0 Å². The number of aliphatic hydroxyl groups excluding tert-OH is 1. The Morgan fingerprint density at radius 3 is 2.36 bits per heavy atom. The Kier molecular flexibility index (Phi) is 3.16. The molecule has 5 heteroatoms. The summed E-state index contributed by atoms with van der Waals surface area (Å²) >= 11 is 0. The van der Waals surface area contributed by atoms with Gasteiger partial charge < -0.3 is 26.2 Å². The molecule has 0 aliphatic carbocycles. The lowest BCUT2D eigenvalue weighted by atomic mass is 10.0. The van der Waals surface area contributed by atoms with Crippen LogP contribution in [0.5, 0.6) is 17.2 Å². The fourth-order valence-corrected chi connectivity index (χ4v) is 1.18. The lowest BCUT2D eigenvalue weighted by Crippen LogP contribution is -2.11. The third kappa shape index (κ3) is 1.89. The lowest BCUT2D eigenvalue weighted by molar-refractivity contribution is 0.274. The summed E-state index contributed by atoms with van der Waals surface area (Å²) in [5.41, 5.74) is 5.91. The molecule has 1 rings (SSSR count). The van der Waals surface area contributed by atoms with Crippen molar-refractivity contribution in [2.75, 3.05) is 6.61 Å². The van der Waals surface area contributed by atoms with Gasteiger partial charge in [0.1, 0.15) is 0 Å². The van der Waals surface area contributed by atoms with E-state index in [1.807, 2.05) is 0 Å². The van der Waals surface area contributed by atoms with Gasteiger partial charge in [-0.3, -0.25) is 0 Å². The van der Waals surface area contributed by atoms with Crippen LogP contribution in [-0.2, 0) is 0 Å². The van der Waals surface area contributed by atoms with Crippen LogP contribution < -0.4 is 5.73 Å². The van der Waals surface area contributed by atoms with Gasteiger partial charge in [-0.25, -0.2) is 0 Å². The molecule has 14 heavy (non-hydrogen) atoms. The first-order chi connectivity index (χ1) is 6.57. The number of hydrogen-bond acceptors (Lipinski definition) is 5. The molecule has 0 bridgehead atoms. The monoisotopic (exact) mass is 199 g/mol. The average Bonchev–Trinajstić information content (AvgIpc) is 2.15. The van der Waals surface area contributed by atoms with Gasteiger partial charge in [-0.2, -0.15) is 0 Å². The van der Waals surface area contributed by atoms with Crippen LogP contribution in [0.15, 0.2) is 12.1 Å². The Balaban J connectivity index is 3.04. The fourth-order valence-electron chi connectivity index (χ4n) is 1.18. The highest BCUT2D eigenvalue weighted by Gasteiger charge is 2.15. The number of benzene rings is 1. The van der Waals surface area contributed by atoms with Crippen molar-refractivity contribution >= 4 is 0 Å². The molecule has 0 fully saturated rings. The van der Waals surface area contributed by atoms with Crippen LogP contribution in [0.2, 0.25) is 0 Å². The predicted octanol–water partition coefficient (Wildman–Crippen LogP) is 0.186. The number of hydrogen-bond donors (Lipinski definition) is 5. The van der Waals surface area contributed by atoms with Gasteiger partial charge in [0.15, 0.2) is 11.5 Å². The minimum absolute atomic E-state index is 0.109. The molecule has 1 aromatic rings. The molecule has 0 spiro atoms. The average molecular weight is 199 g/mol. The Hall–Kier alpha value is -1.46. The Bertz CT molecular complexity index is 327. The number of phenols is 3. The standard InChI is InChI=1S/C9H13NO4/c10-6(3-4-11)5-1-2-7(12)9(14)8(5)13/h1-2,6,11-14H,3-4,10H2/t6-/m0/s1. The van der Waals surface area contributed by atoms with E-state index in [9.17, 15) is 10.2 Å². The van der Waals surface area contributed by atoms with Crippen molar-refractivity contribution < 1.29 is 20.4 Å². The third-order valence-electron chi connectivity index (χ3n) is 2.00. The van der Waals surface area contributed by atoms with E-state index in [4.69, 9.17) is 15.9 Å². The summed E-state index contributed by atoms with van der Waals surface area (Å²) in [6, 6.07) is 2.08. The van der Waals surface area contributed by atoms with Crippen molar-refractivity contribution in [3.8, 4) is 17.2 Å². The number of phenolic OH excluding ortho intramolecular Hbond substituents is 3. The van der Waals surface area contributed by atoms with Crippen LogP contribution in [0, 0.1) is 0 Å². The van der Waals surface area contributed by atoms with Gasteiger partial charge in [0.05, 0.1) is 0 Å². The Labute approximate surface area is 81.0 Å². The van der Waals surface area contributed by atoms with Gasteiger partial charge in [0.25, 0.3) is 0 Å². The highest BCUT2D eigenvalue weighted by Crippen LogP contribution is 2.39. The predicted molar refractivity (Wildman–Crippen MR) is 50.1 cm³/mol. The van der Waals surface area contributed by atoms with Gasteiger partial charge >= 0.3 is 0 Å². The second kappa shape index (κ2) is 4.17. The van der Waals surface area contributed by atoms with Crippen molar-refractivity contribution in [3.05, 3.63) is 17.7 Å². The van der Waals surface area contributed by atoms with Crippen molar-refractivity contribution in [3.63, 3.8) is 0 Å². The normalized spacial score (nSPS) is 12.7. The number of rotatable bonds is 3. The maximum Gasteiger partial charge on any atom is 0.200 e. The van der Waals surface area contributed by atoms with E-state index in [1.165, 1.54) is 12.1 Å². The molecule has 0 saturated heterocycles. The Morgan fingerprint density at radius 2 is 1.79 bits per heavy atom. The van der Waals surface area contributed by atoms with Crippen LogP contribution in [0.25, 0.3) is 0 Å². The second-order valence-corrected chi connectivity index (χ2v) is 2.99. The summed E-state index contributed by atoms with van der Waals surface area (Å²) < 4.78 is 0. The number of nitrogens with two attached hydrogens (primary N) is 1. The van der Waals surface area contributed by atoms with E-state index in [0.717, 1.165) is 0 Å². The molecule has 1 atom stereocenters. The van der Waals surface area contributed by atoms with Crippen LogP contribution >= 0.6 is 0 Å². The summed E-state index contributed by atoms with van der Waals surface area (Å²) in [4.78, 5) is 0. The zero-order valence-corrected chi connectivity index (χ0v) is 7.51. The SMILES string of the molecule is N[C@@H](CCO)c1ccc(O)c(O)c1O. The first kappa shape index (κ1) is 10.6. The van der Waals surface area contributed by atoms with E-state index < -0.39 is 23.3 Å². The third-order valence-corrected chi connectivity index (χ3v) is 2.00. The van der Waals surface area contributed by atoms with Gasteiger partial charge in [0.2, 0.25) is 5.75 Å². The van der Waals surface area contributed by atoms with Crippen LogP contribution in [0.3, 0.4) is 0 Å². The lowest BCUT2D eigenvalue weighted by Gasteiger charge is -2.13. The summed E-state index contributed by atoms with van der Waals surface area (Å²) in [6.45, 7) is -0.109. The Morgan fingerprint density at radius 1 is 1.14 bits per heavy atom. The van der Waals surface area contributed by atoms with Crippen molar-refractivity contribution in [1.29, 1.82) is 0 Å². The van der Waals surface area contributed by atoms with E-state index in [2.05, 4.69) is 0 Å². The molecule has 0 aromatic heterocycles. The zero-order valence-electron chi connectivity index (χ0n) is 7.51. The van der Waals surface area contributed by atoms with E-state index in [0.29, 0.717) is 5.56 Å². The van der Waals surface area contributed by atoms with E-state index in [-0.39, 0.29) is 13.0 Å². The molecule has 0 saturated carbocycles. The van der Waals surface area contributed by atoms with Crippen molar-refractivity contribution in [2.45, 2.75) is 12.5 Å². The second-order valence-electron chi connectivity index (χ2n) is 2.99. The molecule has 0 aliphatic heterocycles. The summed E-state index contributed by atoms with van der Waals surface area (Å²) in [5, 5.41) is 36.3. The molecule has 6 N–H and O–H groups in total. The van der Waals surface area contributed by atoms with Crippen LogP contribution in [0.4, 0.5) is 0 Å². The fraction of sp³-hybridized carbons (Fsp3) is 0.333. The van der Waals surface area contributed by atoms with E-state index in [1.54, 1.807) is 0 Å². The molecular weight excluding hydrogens is 186 g/mol. The van der Waals surface area contributed by atoms with Crippen LogP contribution in [-0.4, -0.2) is 27.0 Å². The highest BCUT2D eigenvalue weighted by atomic mass is 16.3. The minimum atomic E-state index is -0.587. The highest BCUT2D eigenvalue weighted by molar-refractivity contribution is 5.53. The molecule has 0 heterocycles. The summed E-state index contributed by atoms with van der Waals surface area (Å²) in [7, 11) is 0. The maximum absolute atomic E-state index is 9.40.